The molecule has 3 nitrogen and oxygen atoms in total. The van der Waals surface area contributed by atoms with Crippen LogP contribution in [0.15, 0.2) is 22.7 Å². The molecule has 1 saturated heterocycles. The first-order valence-corrected chi connectivity index (χ1v) is 6.35. The second-order valence-electron chi connectivity index (χ2n) is 4.27. The maximum absolute atomic E-state index is 13.6. The van der Waals surface area contributed by atoms with Crippen molar-refractivity contribution < 1.29 is 9.18 Å². The van der Waals surface area contributed by atoms with E-state index in [1.807, 2.05) is 0 Å². The zero-order valence-corrected chi connectivity index (χ0v) is 12.1. The fraction of sp³-hybridized carbons (Fsp3) is 0.417. The molecule has 1 aliphatic rings. The second kappa shape index (κ2) is 6.50. The SMILES string of the molecule is Cl.NCC1CCN(C(=O)c2ccc(Br)cc2F)C1. The number of benzene rings is 1. The molecule has 1 heterocycles. The van der Waals surface area contributed by atoms with Gasteiger partial charge < -0.3 is 10.6 Å². The first-order chi connectivity index (χ1) is 8.11. The molecule has 1 fully saturated rings. The summed E-state index contributed by atoms with van der Waals surface area (Å²) < 4.78 is 14.3. The predicted molar refractivity (Wildman–Crippen MR) is 74.4 cm³/mol. The van der Waals surface area contributed by atoms with Gasteiger partial charge in [0.1, 0.15) is 5.82 Å². The van der Waals surface area contributed by atoms with Crippen molar-refractivity contribution in [2.45, 2.75) is 6.42 Å². The van der Waals surface area contributed by atoms with Crippen LogP contribution in [0.5, 0.6) is 0 Å². The number of carbonyl (C=O) groups is 1. The van der Waals surface area contributed by atoms with Gasteiger partial charge in [-0.05, 0) is 37.1 Å². The van der Waals surface area contributed by atoms with E-state index in [1.54, 1.807) is 11.0 Å². The van der Waals surface area contributed by atoms with Gasteiger partial charge in [0.25, 0.3) is 5.91 Å². The highest BCUT2D eigenvalue weighted by Crippen LogP contribution is 2.21. The molecule has 0 spiro atoms. The second-order valence-corrected chi connectivity index (χ2v) is 5.18. The molecule has 0 bridgehead atoms. The summed E-state index contributed by atoms with van der Waals surface area (Å²) in [7, 11) is 0. The molecule has 1 amide bonds. The lowest BCUT2D eigenvalue weighted by Crippen LogP contribution is -2.30. The van der Waals surface area contributed by atoms with Crippen LogP contribution >= 0.6 is 28.3 Å². The Morgan fingerprint density at radius 3 is 2.83 bits per heavy atom. The van der Waals surface area contributed by atoms with Gasteiger partial charge in [-0.25, -0.2) is 4.39 Å². The molecule has 1 atom stereocenters. The molecular formula is C12H15BrClFN2O. The summed E-state index contributed by atoms with van der Waals surface area (Å²) in [6, 6.07) is 4.49. The molecule has 2 N–H and O–H groups in total. The molecule has 2 rings (SSSR count). The third-order valence-electron chi connectivity index (χ3n) is 3.07. The fourth-order valence-electron chi connectivity index (χ4n) is 2.04. The lowest BCUT2D eigenvalue weighted by molar-refractivity contribution is 0.0783. The standard InChI is InChI=1S/C12H14BrFN2O.ClH/c13-9-1-2-10(11(14)5-9)12(17)16-4-3-8(6-15)7-16;/h1-2,5,8H,3-4,6-7,15H2;1H. The molecule has 0 aliphatic carbocycles. The molecule has 6 heteroatoms. The van der Waals surface area contributed by atoms with Crippen molar-refractivity contribution >= 4 is 34.2 Å². The van der Waals surface area contributed by atoms with Crippen LogP contribution in [0.25, 0.3) is 0 Å². The van der Waals surface area contributed by atoms with Crippen LogP contribution in [-0.2, 0) is 0 Å². The number of nitrogens with zero attached hydrogens (tertiary/aromatic N) is 1. The summed E-state index contributed by atoms with van der Waals surface area (Å²) >= 11 is 3.17. The predicted octanol–water partition coefficient (Wildman–Crippen LogP) is 2.43. The van der Waals surface area contributed by atoms with Gasteiger partial charge in [0, 0.05) is 17.6 Å². The van der Waals surface area contributed by atoms with E-state index < -0.39 is 5.82 Å². The summed E-state index contributed by atoms with van der Waals surface area (Å²) in [5.74, 6) is -0.385. The summed E-state index contributed by atoms with van der Waals surface area (Å²) in [6.45, 7) is 1.87. The highest BCUT2D eigenvalue weighted by Gasteiger charge is 2.27. The van der Waals surface area contributed by atoms with Crippen molar-refractivity contribution in [3.05, 3.63) is 34.1 Å². The third-order valence-corrected chi connectivity index (χ3v) is 3.56. The van der Waals surface area contributed by atoms with Crippen molar-refractivity contribution in [3.8, 4) is 0 Å². The smallest absolute Gasteiger partial charge is 0.256 e. The quantitative estimate of drug-likeness (QED) is 0.901. The third kappa shape index (κ3) is 3.22. The van der Waals surface area contributed by atoms with E-state index in [0.717, 1.165) is 6.42 Å². The zero-order valence-electron chi connectivity index (χ0n) is 9.73. The Bertz CT molecular complexity index is 444. The Balaban J connectivity index is 0.00000162. The number of hydrogen-bond acceptors (Lipinski definition) is 2. The van der Waals surface area contributed by atoms with Crippen molar-refractivity contribution in [1.82, 2.24) is 4.90 Å². The Hall–Kier alpha value is -0.650. The number of amides is 1. The van der Waals surface area contributed by atoms with Gasteiger partial charge in [0.05, 0.1) is 5.56 Å². The molecular weight excluding hydrogens is 322 g/mol. The summed E-state index contributed by atoms with van der Waals surface area (Å²) in [4.78, 5) is 13.7. The van der Waals surface area contributed by atoms with Crippen LogP contribution in [0, 0.1) is 11.7 Å². The molecule has 0 radical (unpaired) electrons. The van der Waals surface area contributed by atoms with E-state index in [9.17, 15) is 9.18 Å². The zero-order chi connectivity index (χ0) is 12.4. The first-order valence-electron chi connectivity index (χ1n) is 5.56. The highest BCUT2D eigenvalue weighted by atomic mass is 79.9. The topological polar surface area (TPSA) is 46.3 Å². The maximum Gasteiger partial charge on any atom is 0.256 e. The molecule has 1 aromatic carbocycles. The van der Waals surface area contributed by atoms with E-state index in [0.29, 0.717) is 30.0 Å². The number of rotatable bonds is 2. The van der Waals surface area contributed by atoms with Gasteiger partial charge >= 0.3 is 0 Å². The number of halogens is 3. The minimum absolute atomic E-state index is 0. The van der Waals surface area contributed by atoms with E-state index in [2.05, 4.69) is 15.9 Å². The molecule has 18 heavy (non-hydrogen) atoms. The molecule has 0 saturated carbocycles. The van der Waals surface area contributed by atoms with Gasteiger partial charge in [0.15, 0.2) is 0 Å². The van der Waals surface area contributed by atoms with E-state index in [1.165, 1.54) is 12.1 Å². The highest BCUT2D eigenvalue weighted by molar-refractivity contribution is 9.10. The lowest BCUT2D eigenvalue weighted by atomic mass is 10.1. The number of likely N-dealkylation sites (tertiary alicyclic amines) is 1. The number of nitrogens with two attached hydrogens (primary N) is 1. The Morgan fingerprint density at radius 1 is 1.56 bits per heavy atom. The van der Waals surface area contributed by atoms with Gasteiger partial charge in [-0.3, -0.25) is 4.79 Å². The van der Waals surface area contributed by atoms with Crippen LogP contribution in [0.4, 0.5) is 4.39 Å². The van der Waals surface area contributed by atoms with E-state index in [-0.39, 0.29) is 23.9 Å². The van der Waals surface area contributed by atoms with Crippen LogP contribution in [0.2, 0.25) is 0 Å². The van der Waals surface area contributed by atoms with Crippen molar-refractivity contribution in [2.24, 2.45) is 11.7 Å². The Morgan fingerprint density at radius 2 is 2.28 bits per heavy atom. The van der Waals surface area contributed by atoms with Crippen LogP contribution < -0.4 is 5.73 Å². The Labute approximate surface area is 120 Å². The largest absolute Gasteiger partial charge is 0.338 e. The van der Waals surface area contributed by atoms with Crippen molar-refractivity contribution in [1.29, 1.82) is 0 Å². The number of hydrogen-bond donors (Lipinski definition) is 1. The fourth-order valence-corrected chi connectivity index (χ4v) is 2.38. The van der Waals surface area contributed by atoms with E-state index in [4.69, 9.17) is 5.73 Å². The van der Waals surface area contributed by atoms with Crippen LogP contribution in [0.1, 0.15) is 16.8 Å². The summed E-state index contributed by atoms with van der Waals surface area (Å²) in [5.41, 5.74) is 5.70. The molecule has 0 aromatic heterocycles. The minimum atomic E-state index is -0.486. The Kier molecular flexibility index (Phi) is 5.56. The summed E-state index contributed by atoms with van der Waals surface area (Å²) in [5, 5.41) is 0. The van der Waals surface area contributed by atoms with Crippen LogP contribution in [0.3, 0.4) is 0 Å². The monoisotopic (exact) mass is 336 g/mol. The number of carbonyl (C=O) groups excluding carboxylic acids is 1. The van der Waals surface area contributed by atoms with Crippen molar-refractivity contribution in [3.63, 3.8) is 0 Å². The molecule has 1 unspecified atom stereocenters. The average Bonchev–Trinajstić information content (AvgIpc) is 2.76. The normalized spacial score (nSPS) is 18.6. The lowest BCUT2D eigenvalue weighted by Gasteiger charge is -2.16. The average molecular weight is 338 g/mol. The van der Waals surface area contributed by atoms with Crippen molar-refractivity contribution in [2.75, 3.05) is 19.6 Å². The van der Waals surface area contributed by atoms with Gasteiger partial charge in [0.2, 0.25) is 0 Å². The van der Waals surface area contributed by atoms with Crippen LogP contribution in [-0.4, -0.2) is 30.4 Å². The maximum atomic E-state index is 13.6. The minimum Gasteiger partial charge on any atom is -0.338 e. The molecule has 1 aliphatic heterocycles. The van der Waals surface area contributed by atoms with Gasteiger partial charge in [-0.1, -0.05) is 15.9 Å². The van der Waals surface area contributed by atoms with E-state index >= 15 is 0 Å². The van der Waals surface area contributed by atoms with Gasteiger partial charge in [-0.15, -0.1) is 12.4 Å². The molecule has 100 valence electrons. The first kappa shape index (κ1) is 15.4. The molecule has 1 aromatic rings. The van der Waals surface area contributed by atoms with Gasteiger partial charge in [-0.2, -0.15) is 0 Å². The summed E-state index contributed by atoms with van der Waals surface area (Å²) in [6.07, 6.45) is 0.903.